The number of fused-ring (bicyclic) bond motifs is 1. The Morgan fingerprint density at radius 3 is 2.33 bits per heavy atom. The van der Waals surface area contributed by atoms with E-state index in [0.717, 1.165) is 10.9 Å². The van der Waals surface area contributed by atoms with Gasteiger partial charge in [-0.1, -0.05) is 35.0 Å². The van der Waals surface area contributed by atoms with Crippen LogP contribution in [0.4, 0.5) is 5.82 Å². The lowest BCUT2D eigenvalue weighted by molar-refractivity contribution is 0.395. The smallest absolute Gasteiger partial charge is 0.187 e. The maximum atomic E-state index is 6.64. The highest BCUT2D eigenvalue weighted by molar-refractivity contribution is 7.98. The third-order valence-corrected chi connectivity index (χ3v) is 6.56. The third kappa shape index (κ3) is 3.98. The van der Waals surface area contributed by atoms with E-state index in [9.17, 15) is 0 Å². The summed E-state index contributed by atoms with van der Waals surface area (Å²) in [7, 11) is 3.10. The predicted molar refractivity (Wildman–Crippen MR) is 123 cm³/mol. The van der Waals surface area contributed by atoms with Crippen LogP contribution in [0.1, 0.15) is 19.8 Å². The van der Waals surface area contributed by atoms with Gasteiger partial charge in [0.2, 0.25) is 0 Å². The van der Waals surface area contributed by atoms with Crippen LogP contribution in [0, 0.1) is 5.92 Å². The van der Waals surface area contributed by atoms with Crippen molar-refractivity contribution in [3.05, 3.63) is 28.4 Å². The highest BCUT2D eigenvalue weighted by atomic mass is 35.5. The number of anilines is 1. The molecule has 0 spiro atoms. The second-order valence-corrected chi connectivity index (χ2v) is 8.73. The first kappa shape index (κ1) is 21.3. The number of nitrogens with one attached hydrogen (secondary N) is 1. The molecule has 1 aliphatic carbocycles. The van der Waals surface area contributed by atoms with Crippen molar-refractivity contribution in [2.45, 2.75) is 31.0 Å². The van der Waals surface area contributed by atoms with E-state index in [1.807, 2.05) is 12.3 Å². The Labute approximate surface area is 189 Å². The summed E-state index contributed by atoms with van der Waals surface area (Å²) in [5.41, 5.74) is 1.92. The van der Waals surface area contributed by atoms with Crippen molar-refractivity contribution in [2.75, 3.05) is 25.8 Å². The van der Waals surface area contributed by atoms with Crippen LogP contribution in [0.2, 0.25) is 10.0 Å². The molecule has 4 rings (SSSR count). The summed E-state index contributed by atoms with van der Waals surface area (Å²) < 4.78 is 10.8. The quantitative estimate of drug-likeness (QED) is 0.342. The largest absolute Gasteiger partial charge is 0.495 e. The van der Waals surface area contributed by atoms with Crippen molar-refractivity contribution in [3.8, 4) is 22.8 Å². The lowest BCUT2D eigenvalue weighted by atomic mass is 10.1. The Balaban J connectivity index is 1.94. The molecule has 1 unspecified atom stereocenters. The first-order chi connectivity index (χ1) is 14.5. The van der Waals surface area contributed by atoms with E-state index in [1.54, 1.807) is 26.5 Å². The molecule has 2 heterocycles. The van der Waals surface area contributed by atoms with E-state index in [0.29, 0.717) is 49.7 Å². The van der Waals surface area contributed by atoms with Crippen LogP contribution in [0.5, 0.6) is 11.5 Å². The molecule has 30 heavy (non-hydrogen) atoms. The van der Waals surface area contributed by atoms with Gasteiger partial charge < -0.3 is 14.8 Å². The predicted octanol–water partition coefficient (Wildman–Crippen LogP) is 5.95. The minimum atomic E-state index is 0.287. The van der Waals surface area contributed by atoms with Crippen LogP contribution >= 0.6 is 35.0 Å². The molecule has 2 aromatic heterocycles. The number of hydrogen-bond acceptors (Lipinski definition) is 7. The van der Waals surface area contributed by atoms with Gasteiger partial charge in [-0.25, -0.2) is 15.0 Å². The monoisotopic (exact) mass is 464 g/mol. The second kappa shape index (κ2) is 8.65. The molecule has 0 aliphatic heterocycles. The van der Waals surface area contributed by atoms with Crippen LogP contribution in [-0.2, 0) is 0 Å². The summed E-state index contributed by atoms with van der Waals surface area (Å²) in [5.74, 6) is 2.26. The van der Waals surface area contributed by atoms with Gasteiger partial charge in [0.05, 0.1) is 30.0 Å². The molecule has 1 aromatic carbocycles. The molecule has 0 bridgehead atoms. The minimum absolute atomic E-state index is 0.287. The van der Waals surface area contributed by atoms with Crippen molar-refractivity contribution in [1.29, 1.82) is 0 Å². The first-order valence-corrected chi connectivity index (χ1v) is 11.5. The van der Waals surface area contributed by atoms with E-state index in [4.69, 9.17) is 37.7 Å². The number of methoxy groups -OCH3 is 2. The Hall–Kier alpha value is -1.96. The van der Waals surface area contributed by atoms with Crippen molar-refractivity contribution >= 4 is 51.7 Å². The Morgan fingerprint density at radius 2 is 1.77 bits per heavy atom. The molecular weight excluding hydrogens is 443 g/mol. The number of halogens is 2. The fraction of sp³-hybridized carbons (Fsp3) is 0.381. The zero-order valence-electron chi connectivity index (χ0n) is 17.1. The topological polar surface area (TPSA) is 69.2 Å². The van der Waals surface area contributed by atoms with Gasteiger partial charge in [0.15, 0.2) is 11.0 Å². The fourth-order valence-electron chi connectivity index (χ4n) is 3.39. The van der Waals surface area contributed by atoms with Gasteiger partial charge in [0, 0.05) is 29.3 Å². The molecule has 1 saturated carbocycles. The van der Waals surface area contributed by atoms with E-state index >= 15 is 0 Å². The zero-order chi connectivity index (χ0) is 21.4. The molecule has 158 valence electrons. The van der Waals surface area contributed by atoms with Gasteiger partial charge in [-0.2, -0.15) is 0 Å². The summed E-state index contributed by atoms with van der Waals surface area (Å²) in [4.78, 5) is 14.0. The van der Waals surface area contributed by atoms with Crippen molar-refractivity contribution in [3.63, 3.8) is 0 Å². The number of rotatable bonds is 7. The summed E-state index contributed by atoms with van der Waals surface area (Å²) in [6.45, 7) is 2.17. The average Bonchev–Trinajstić information content (AvgIpc) is 3.59. The second-order valence-electron chi connectivity index (χ2n) is 7.21. The van der Waals surface area contributed by atoms with Crippen molar-refractivity contribution in [1.82, 2.24) is 15.0 Å². The first-order valence-electron chi connectivity index (χ1n) is 9.55. The molecule has 0 saturated heterocycles. The Morgan fingerprint density at radius 1 is 1.10 bits per heavy atom. The molecule has 0 radical (unpaired) electrons. The minimum Gasteiger partial charge on any atom is -0.495 e. The molecule has 1 N–H and O–H groups in total. The SMILES string of the molecule is COc1cc(OC)c(Cl)c(-c2cc3cnc(SC)nc3c(NC(C)C3CC3)n2)c1Cl. The van der Waals surface area contributed by atoms with Crippen LogP contribution in [0.3, 0.4) is 0 Å². The summed E-state index contributed by atoms with van der Waals surface area (Å²) in [5, 5.41) is 5.83. The van der Waals surface area contributed by atoms with Crippen molar-refractivity contribution < 1.29 is 9.47 Å². The Bertz CT molecular complexity index is 1080. The number of thioether (sulfide) groups is 1. The number of pyridine rings is 1. The standard InChI is InChI=1S/C21H22Cl2N4O2S/c1-10(11-5-6-11)25-20-19-12(9-24-21(27-19)30-4)7-13(26-20)16-17(22)14(28-2)8-15(29-3)18(16)23/h7-11H,5-6H2,1-4H3,(H,25,26). The van der Waals surface area contributed by atoms with Crippen LogP contribution in [0.25, 0.3) is 22.2 Å². The number of benzene rings is 1. The maximum absolute atomic E-state index is 6.64. The highest BCUT2D eigenvalue weighted by Gasteiger charge is 2.29. The molecule has 1 atom stereocenters. The zero-order valence-corrected chi connectivity index (χ0v) is 19.5. The normalized spacial score (nSPS) is 14.6. The molecule has 1 aliphatic rings. The average molecular weight is 465 g/mol. The molecule has 1 fully saturated rings. The van der Waals surface area contributed by atoms with E-state index in [-0.39, 0.29) is 6.04 Å². The molecule has 9 heteroatoms. The van der Waals surface area contributed by atoms with Crippen LogP contribution in [0.15, 0.2) is 23.5 Å². The summed E-state index contributed by atoms with van der Waals surface area (Å²) in [6.07, 6.45) is 6.19. The molecule has 3 aromatic rings. The number of nitrogens with zero attached hydrogens (tertiary/aromatic N) is 3. The molecular formula is C21H22Cl2N4O2S. The van der Waals surface area contributed by atoms with Gasteiger partial charge >= 0.3 is 0 Å². The van der Waals surface area contributed by atoms with Gasteiger partial charge in [-0.3, -0.25) is 0 Å². The fourth-order valence-corrected chi connectivity index (χ4v) is 4.43. The summed E-state index contributed by atoms with van der Waals surface area (Å²) in [6, 6.07) is 3.84. The highest BCUT2D eigenvalue weighted by Crippen LogP contribution is 2.46. The molecule has 0 amide bonds. The van der Waals surface area contributed by atoms with Gasteiger partial charge in [0.25, 0.3) is 0 Å². The summed E-state index contributed by atoms with van der Waals surface area (Å²) >= 11 is 14.8. The third-order valence-electron chi connectivity index (χ3n) is 5.25. The molecule has 6 nitrogen and oxygen atoms in total. The number of ether oxygens (including phenoxy) is 2. The van der Waals surface area contributed by atoms with Crippen LogP contribution in [-0.4, -0.2) is 41.5 Å². The van der Waals surface area contributed by atoms with Crippen LogP contribution < -0.4 is 14.8 Å². The van der Waals surface area contributed by atoms with Gasteiger partial charge in [-0.05, 0) is 38.0 Å². The van der Waals surface area contributed by atoms with E-state index in [1.165, 1.54) is 24.6 Å². The number of hydrogen-bond donors (Lipinski definition) is 1. The van der Waals surface area contributed by atoms with Crippen molar-refractivity contribution in [2.24, 2.45) is 5.92 Å². The lowest BCUT2D eigenvalue weighted by Gasteiger charge is -2.18. The van der Waals surface area contributed by atoms with E-state index in [2.05, 4.69) is 22.2 Å². The Kier molecular flexibility index (Phi) is 6.14. The van der Waals surface area contributed by atoms with E-state index < -0.39 is 0 Å². The maximum Gasteiger partial charge on any atom is 0.187 e. The lowest BCUT2D eigenvalue weighted by Crippen LogP contribution is -2.19. The van der Waals surface area contributed by atoms with Gasteiger partial charge in [-0.15, -0.1) is 0 Å². The number of aromatic nitrogens is 3. The van der Waals surface area contributed by atoms with Gasteiger partial charge in [0.1, 0.15) is 17.0 Å².